The minimum atomic E-state index is -3.51. The Morgan fingerprint density at radius 3 is 2.78 bits per heavy atom. The number of sulfonamides is 1. The number of nitrogens with one attached hydrogen (secondary N) is 2. The summed E-state index contributed by atoms with van der Waals surface area (Å²) in [6.45, 7) is 0.661. The minimum Gasteiger partial charge on any atom is -0.506 e. The molecular formula is C22H22N4O4S2. The van der Waals surface area contributed by atoms with E-state index < -0.39 is 10.0 Å². The van der Waals surface area contributed by atoms with Crippen molar-refractivity contribution in [3.8, 4) is 5.75 Å². The van der Waals surface area contributed by atoms with Crippen LogP contribution in [0.1, 0.15) is 5.56 Å². The Balaban J connectivity index is 1.44. The fourth-order valence-electron chi connectivity index (χ4n) is 3.48. The molecule has 4 aromatic rings. The van der Waals surface area contributed by atoms with Gasteiger partial charge in [-0.2, -0.15) is 0 Å². The van der Waals surface area contributed by atoms with Gasteiger partial charge >= 0.3 is 0 Å². The van der Waals surface area contributed by atoms with Gasteiger partial charge in [0.2, 0.25) is 15.9 Å². The summed E-state index contributed by atoms with van der Waals surface area (Å²) < 4.78 is 27.4. The zero-order chi connectivity index (χ0) is 22.9. The van der Waals surface area contributed by atoms with E-state index in [0.29, 0.717) is 17.7 Å². The van der Waals surface area contributed by atoms with Crippen LogP contribution in [0.25, 0.3) is 21.0 Å². The lowest BCUT2D eigenvalue weighted by Gasteiger charge is -2.18. The van der Waals surface area contributed by atoms with Gasteiger partial charge in [-0.3, -0.25) is 14.7 Å². The molecule has 0 saturated heterocycles. The van der Waals surface area contributed by atoms with E-state index in [1.807, 2.05) is 30.1 Å². The van der Waals surface area contributed by atoms with E-state index in [9.17, 15) is 18.3 Å². The molecule has 2 aromatic carbocycles. The van der Waals surface area contributed by atoms with E-state index in [-0.39, 0.29) is 22.4 Å². The third-order valence-electron chi connectivity index (χ3n) is 5.00. The smallest absolute Gasteiger partial charge is 0.249 e. The standard InChI is InChI=1S/C22H22N4O4S2/c1-23-32(29,30)21-11-15-10-16(6-8-19(15)31-21)25-20(28)13-26(2)12-14-5-7-18(27)22-17(14)4-3-9-24-22/h3-11,23,27H,12-13H2,1-2H3,(H,25,28). The summed E-state index contributed by atoms with van der Waals surface area (Å²) in [5.74, 6) is -0.0643. The van der Waals surface area contributed by atoms with Gasteiger partial charge in [-0.1, -0.05) is 12.1 Å². The number of pyridine rings is 1. The van der Waals surface area contributed by atoms with Crippen molar-refractivity contribution in [1.82, 2.24) is 14.6 Å². The lowest BCUT2D eigenvalue weighted by atomic mass is 10.1. The molecule has 10 heteroatoms. The number of aromatic hydroxyl groups is 1. The van der Waals surface area contributed by atoms with Gasteiger partial charge < -0.3 is 10.4 Å². The second-order valence-corrected chi connectivity index (χ2v) is 10.6. The molecule has 0 unspecified atom stereocenters. The molecule has 0 spiro atoms. The van der Waals surface area contributed by atoms with Gasteiger partial charge in [0.15, 0.2) is 0 Å². The lowest BCUT2D eigenvalue weighted by molar-refractivity contribution is -0.117. The van der Waals surface area contributed by atoms with E-state index in [2.05, 4.69) is 15.0 Å². The molecule has 32 heavy (non-hydrogen) atoms. The molecule has 1 amide bonds. The van der Waals surface area contributed by atoms with Crippen LogP contribution < -0.4 is 10.0 Å². The highest BCUT2D eigenvalue weighted by molar-refractivity contribution is 7.91. The molecule has 0 aliphatic rings. The molecule has 0 radical (unpaired) electrons. The second-order valence-electron chi connectivity index (χ2n) is 7.39. The molecule has 0 fully saturated rings. The summed E-state index contributed by atoms with van der Waals surface area (Å²) in [5.41, 5.74) is 2.09. The molecule has 0 aliphatic carbocycles. The van der Waals surface area contributed by atoms with Gasteiger partial charge in [-0.15, -0.1) is 11.3 Å². The van der Waals surface area contributed by atoms with Crippen LogP contribution >= 0.6 is 11.3 Å². The van der Waals surface area contributed by atoms with E-state index in [0.717, 1.165) is 21.0 Å². The van der Waals surface area contributed by atoms with Crippen LogP contribution in [0.2, 0.25) is 0 Å². The summed E-state index contributed by atoms with van der Waals surface area (Å²) in [6.07, 6.45) is 1.63. The number of phenols is 1. The number of phenolic OH excluding ortho intramolecular Hbond substituents is 1. The Morgan fingerprint density at radius 2 is 2.00 bits per heavy atom. The topological polar surface area (TPSA) is 112 Å². The van der Waals surface area contributed by atoms with Crippen molar-refractivity contribution in [2.75, 3.05) is 26.0 Å². The fourth-order valence-corrected chi connectivity index (χ4v) is 5.69. The molecule has 0 saturated carbocycles. The number of benzene rings is 2. The van der Waals surface area contributed by atoms with Crippen LogP contribution in [0.4, 0.5) is 5.69 Å². The number of carbonyl (C=O) groups is 1. The molecule has 8 nitrogen and oxygen atoms in total. The quantitative estimate of drug-likeness (QED) is 0.383. The van der Waals surface area contributed by atoms with Crippen LogP contribution in [-0.4, -0.2) is 50.0 Å². The first-order valence-electron chi connectivity index (χ1n) is 9.78. The fraction of sp³-hybridized carbons (Fsp3) is 0.182. The zero-order valence-electron chi connectivity index (χ0n) is 17.5. The van der Waals surface area contributed by atoms with Crippen molar-refractivity contribution in [1.29, 1.82) is 0 Å². The zero-order valence-corrected chi connectivity index (χ0v) is 19.1. The average molecular weight is 471 g/mol. The first kappa shape index (κ1) is 22.2. The monoisotopic (exact) mass is 470 g/mol. The number of nitrogens with zero attached hydrogens (tertiary/aromatic N) is 2. The highest BCUT2D eigenvalue weighted by atomic mass is 32.2. The summed E-state index contributed by atoms with van der Waals surface area (Å²) in [6, 6.07) is 14.0. The summed E-state index contributed by atoms with van der Waals surface area (Å²) in [7, 11) is -0.292. The lowest BCUT2D eigenvalue weighted by Crippen LogP contribution is -2.29. The molecule has 0 atom stereocenters. The van der Waals surface area contributed by atoms with Crippen molar-refractivity contribution in [3.05, 3.63) is 60.3 Å². The first-order valence-corrected chi connectivity index (χ1v) is 12.1. The molecule has 4 rings (SSSR count). The molecule has 2 aromatic heterocycles. The van der Waals surface area contributed by atoms with Crippen LogP contribution in [-0.2, 0) is 21.4 Å². The number of likely N-dealkylation sites (N-methyl/N-ethyl adjacent to an activating group) is 1. The number of carbonyl (C=O) groups excluding carboxylic acids is 1. The van der Waals surface area contributed by atoms with E-state index in [1.165, 1.54) is 18.4 Å². The van der Waals surface area contributed by atoms with Crippen molar-refractivity contribution >= 4 is 53.9 Å². The van der Waals surface area contributed by atoms with Crippen LogP contribution in [0.3, 0.4) is 0 Å². The van der Waals surface area contributed by atoms with Crippen LogP contribution in [0.15, 0.2) is 58.9 Å². The van der Waals surface area contributed by atoms with Gasteiger partial charge in [0.05, 0.1) is 6.54 Å². The first-order chi connectivity index (χ1) is 15.3. The van der Waals surface area contributed by atoms with Crippen molar-refractivity contribution < 1.29 is 18.3 Å². The number of hydrogen-bond acceptors (Lipinski definition) is 7. The molecule has 3 N–H and O–H groups in total. The van der Waals surface area contributed by atoms with Gasteiger partial charge in [-0.25, -0.2) is 13.1 Å². The summed E-state index contributed by atoms with van der Waals surface area (Å²) in [4.78, 5) is 18.7. The molecule has 0 bridgehead atoms. The predicted molar refractivity (Wildman–Crippen MR) is 126 cm³/mol. The van der Waals surface area contributed by atoms with Gasteiger partial charge in [0.1, 0.15) is 15.5 Å². The number of aromatic nitrogens is 1. The van der Waals surface area contributed by atoms with Crippen LogP contribution in [0, 0.1) is 0 Å². The third kappa shape index (κ3) is 4.58. The normalized spacial score (nSPS) is 12.0. The molecular weight excluding hydrogens is 448 g/mol. The van der Waals surface area contributed by atoms with Gasteiger partial charge in [-0.05, 0) is 61.4 Å². The maximum atomic E-state index is 12.6. The predicted octanol–water partition coefficient (Wildman–Crippen LogP) is 3.13. The number of hydrogen-bond donors (Lipinski definition) is 3. The number of anilines is 1. The second kappa shape index (κ2) is 8.83. The molecule has 0 aliphatic heterocycles. The maximum absolute atomic E-state index is 12.6. The average Bonchev–Trinajstić information content (AvgIpc) is 3.20. The van der Waals surface area contributed by atoms with Gasteiger partial charge in [0, 0.05) is 28.5 Å². The van der Waals surface area contributed by atoms with Gasteiger partial charge in [0.25, 0.3) is 0 Å². The highest BCUT2D eigenvalue weighted by Crippen LogP contribution is 2.31. The van der Waals surface area contributed by atoms with E-state index in [4.69, 9.17) is 0 Å². The molecule has 166 valence electrons. The third-order valence-corrected chi connectivity index (χ3v) is 8.01. The maximum Gasteiger partial charge on any atom is 0.249 e. The molecule has 2 heterocycles. The van der Waals surface area contributed by atoms with Crippen molar-refractivity contribution in [3.63, 3.8) is 0 Å². The SMILES string of the molecule is CNS(=O)(=O)c1cc2cc(NC(=O)CN(C)Cc3ccc(O)c4ncccc34)ccc2s1. The summed E-state index contributed by atoms with van der Waals surface area (Å²) >= 11 is 1.18. The Kier molecular flexibility index (Phi) is 6.11. The largest absolute Gasteiger partial charge is 0.506 e. The van der Waals surface area contributed by atoms with Crippen LogP contribution in [0.5, 0.6) is 5.75 Å². The number of fused-ring (bicyclic) bond motifs is 2. The highest BCUT2D eigenvalue weighted by Gasteiger charge is 2.16. The summed E-state index contributed by atoms with van der Waals surface area (Å²) in [5, 5.41) is 14.5. The number of thiophene rings is 1. The number of amides is 1. The minimum absolute atomic E-state index is 0.124. The number of rotatable bonds is 7. The Labute approximate surface area is 189 Å². The van der Waals surface area contributed by atoms with Crippen molar-refractivity contribution in [2.45, 2.75) is 10.8 Å². The van der Waals surface area contributed by atoms with E-state index >= 15 is 0 Å². The Hall–Kier alpha value is -3.05. The Bertz CT molecular complexity index is 1420. The Morgan fingerprint density at radius 1 is 1.19 bits per heavy atom. The van der Waals surface area contributed by atoms with E-state index in [1.54, 1.807) is 36.5 Å². The van der Waals surface area contributed by atoms with Crippen molar-refractivity contribution in [2.24, 2.45) is 0 Å².